The molecule has 2 unspecified atom stereocenters. The molecule has 1 heterocycles. The Labute approximate surface area is 139 Å². The average molecular weight is 357 g/mol. The molecule has 2 atom stereocenters. The van der Waals surface area contributed by atoms with Crippen LogP contribution in [0.5, 0.6) is 0 Å². The van der Waals surface area contributed by atoms with Gasteiger partial charge in [0, 0.05) is 32.8 Å². The van der Waals surface area contributed by atoms with Crippen LogP contribution in [-0.4, -0.2) is 37.2 Å². The van der Waals surface area contributed by atoms with Gasteiger partial charge in [0.15, 0.2) is 0 Å². The lowest BCUT2D eigenvalue weighted by Crippen LogP contribution is -2.48. The molecule has 0 bridgehead atoms. The number of piperidine rings is 1. The number of alkyl halides is 3. The molecule has 2 rings (SSSR count). The minimum Gasteiger partial charge on any atom is -0.381 e. The minimum atomic E-state index is -4.68. The second-order valence-electron chi connectivity index (χ2n) is 5.55. The lowest BCUT2D eigenvalue weighted by atomic mass is 9.98. The summed E-state index contributed by atoms with van der Waals surface area (Å²) in [6.07, 6.45) is -3.00. The Hall–Kier alpha value is -0.890. The number of rotatable bonds is 4. The van der Waals surface area contributed by atoms with Gasteiger partial charge in [0.05, 0.1) is 11.7 Å². The molecule has 1 aromatic rings. The van der Waals surface area contributed by atoms with Crippen molar-refractivity contribution in [3.05, 3.63) is 35.1 Å². The number of hydrogen-bond donors (Lipinski definition) is 1. The highest BCUT2D eigenvalue weighted by Crippen LogP contribution is 2.32. The van der Waals surface area contributed by atoms with E-state index >= 15 is 0 Å². The van der Waals surface area contributed by atoms with Gasteiger partial charge in [-0.3, -0.25) is 4.90 Å². The summed E-state index contributed by atoms with van der Waals surface area (Å²) in [6, 6.07) is 3.20. The van der Waals surface area contributed by atoms with Crippen molar-refractivity contribution in [2.24, 2.45) is 5.73 Å². The van der Waals surface area contributed by atoms with E-state index in [0.717, 1.165) is 25.0 Å². The van der Waals surface area contributed by atoms with Crippen molar-refractivity contribution in [2.75, 3.05) is 20.2 Å². The average Bonchev–Trinajstić information content (AvgIpc) is 2.48. The second-order valence-corrected chi connectivity index (χ2v) is 5.55. The van der Waals surface area contributed by atoms with Crippen LogP contribution in [0.2, 0.25) is 0 Å². The van der Waals surface area contributed by atoms with Crippen LogP contribution >= 0.6 is 12.4 Å². The van der Waals surface area contributed by atoms with Crippen molar-refractivity contribution in [3.63, 3.8) is 0 Å². The molecular formula is C15H21ClF4N2O. The van der Waals surface area contributed by atoms with E-state index < -0.39 is 17.6 Å². The normalized spacial score (nSPS) is 22.7. The van der Waals surface area contributed by atoms with Gasteiger partial charge < -0.3 is 10.5 Å². The number of hydrogen-bond acceptors (Lipinski definition) is 3. The molecule has 1 saturated heterocycles. The van der Waals surface area contributed by atoms with Crippen molar-refractivity contribution in [1.29, 1.82) is 0 Å². The topological polar surface area (TPSA) is 38.5 Å². The van der Waals surface area contributed by atoms with E-state index in [2.05, 4.69) is 0 Å². The molecule has 1 fully saturated rings. The van der Waals surface area contributed by atoms with Crippen LogP contribution in [0.25, 0.3) is 0 Å². The van der Waals surface area contributed by atoms with Crippen molar-refractivity contribution in [2.45, 2.75) is 37.7 Å². The Morgan fingerprint density at radius 2 is 2.04 bits per heavy atom. The Balaban J connectivity index is 0.00000264. The first-order valence-electron chi connectivity index (χ1n) is 7.17. The number of methoxy groups -OCH3 is 1. The van der Waals surface area contributed by atoms with Crippen molar-refractivity contribution < 1.29 is 22.3 Å². The van der Waals surface area contributed by atoms with Gasteiger partial charge in [-0.1, -0.05) is 6.07 Å². The molecule has 0 spiro atoms. The summed E-state index contributed by atoms with van der Waals surface area (Å²) in [4.78, 5) is 2.03. The zero-order chi connectivity index (χ0) is 16.3. The fourth-order valence-electron chi connectivity index (χ4n) is 2.85. The number of nitrogens with two attached hydrogens (primary N) is 1. The maximum absolute atomic E-state index is 13.3. The number of likely N-dealkylation sites (tertiary alicyclic amines) is 1. The monoisotopic (exact) mass is 356 g/mol. The highest BCUT2D eigenvalue weighted by molar-refractivity contribution is 5.85. The number of nitrogens with zero attached hydrogens (tertiary/aromatic N) is 1. The fourth-order valence-corrected chi connectivity index (χ4v) is 2.85. The molecule has 2 N–H and O–H groups in total. The summed E-state index contributed by atoms with van der Waals surface area (Å²) in [5.74, 6) is -1.25. The van der Waals surface area contributed by atoms with Gasteiger partial charge in [0.2, 0.25) is 0 Å². The molecule has 0 radical (unpaired) electrons. The summed E-state index contributed by atoms with van der Waals surface area (Å²) in [6.45, 7) is 1.42. The Morgan fingerprint density at radius 1 is 1.35 bits per heavy atom. The van der Waals surface area contributed by atoms with Crippen molar-refractivity contribution in [1.82, 2.24) is 4.90 Å². The quantitative estimate of drug-likeness (QED) is 0.842. The third-order valence-corrected chi connectivity index (χ3v) is 4.12. The van der Waals surface area contributed by atoms with Gasteiger partial charge in [-0.05, 0) is 30.5 Å². The largest absolute Gasteiger partial charge is 0.419 e. The van der Waals surface area contributed by atoms with Gasteiger partial charge in [-0.15, -0.1) is 12.4 Å². The van der Waals surface area contributed by atoms with Crippen LogP contribution in [0.1, 0.15) is 24.0 Å². The molecule has 132 valence electrons. The summed E-state index contributed by atoms with van der Waals surface area (Å²) in [7, 11) is 1.64. The summed E-state index contributed by atoms with van der Waals surface area (Å²) >= 11 is 0. The van der Waals surface area contributed by atoms with Gasteiger partial charge >= 0.3 is 6.18 Å². The summed E-state index contributed by atoms with van der Waals surface area (Å²) < 4.78 is 56.9. The summed E-state index contributed by atoms with van der Waals surface area (Å²) in [5, 5.41) is 0. The van der Waals surface area contributed by atoms with Crippen LogP contribution in [-0.2, 0) is 17.5 Å². The van der Waals surface area contributed by atoms with Gasteiger partial charge in [-0.25, -0.2) is 4.39 Å². The first-order chi connectivity index (χ1) is 10.3. The third kappa shape index (κ3) is 5.04. The maximum Gasteiger partial charge on any atom is 0.419 e. The van der Waals surface area contributed by atoms with Crippen molar-refractivity contribution in [3.8, 4) is 0 Å². The van der Waals surface area contributed by atoms with E-state index in [1.165, 1.54) is 6.07 Å². The van der Waals surface area contributed by atoms with E-state index in [1.54, 1.807) is 7.11 Å². The first-order valence-corrected chi connectivity index (χ1v) is 7.17. The molecule has 0 aliphatic carbocycles. The maximum atomic E-state index is 13.3. The molecule has 3 nitrogen and oxygen atoms in total. The molecule has 1 aliphatic heterocycles. The van der Waals surface area contributed by atoms with E-state index in [0.29, 0.717) is 25.2 Å². The number of benzene rings is 1. The molecule has 0 aromatic heterocycles. The zero-order valence-corrected chi connectivity index (χ0v) is 13.6. The molecule has 1 aliphatic rings. The highest BCUT2D eigenvalue weighted by atomic mass is 35.5. The molecule has 23 heavy (non-hydrogen) atoms. The molecule has 8 heteroatoms. The first kappa shape index (κ1) is 20.2. The highest BCUT2D eigenvalue weighted by Gasteiger charge is 2.34. The lowest BCUT2D eigenvalue weighted by Gasteiger charge is -2.38. The molecule has 0 saturated carbocycles. The Bertz CT molecular complexity index is 513. The number of ether oxygens (including phenoxy) is 1. The standard InChI is InChI=1S/C15H20F4N2O.ClH/c1-22-12-4-5-21(11(7-12)8-20)9-10-2-3-14(16)13(6-10)15(17,18)19;/h2-3,6,11-12H,4-5,7-9,20H2,1H3;1H. The molecular weight excluding hydrogens is 336 g/mol. The number of halogens is 5. The SMILES string of the molecule is COC1CCN(Cc2ccc(F)c(C(F)(F)F)c2)C(CN)C1.Cl. The van der Waals surface area contributed by atoms with Crippen LogP contribution < -0.4 is 5.73 Å². The predicted molar refractivity (Wildman–Crippen MR) is 81.9 cm³/mol. The van der Waals surface area contributed by atoms with Crippen LogP contribution in [0, 0.1) is 5.82 Å². The van der Waals surface area contributed by atoms with E-state index in [9.17, 15) is 17.6 Å². The summed E-state index contributed by atoms with van der Waals surface area (Å²) in [5.41, 5.74) is 4.96. The van der Waals surface area contributed by atoms with Crippen molar-refractivity contribution >= 4 is 12.4 Å². The Morgan fingerprint density at radius 3 is 2.61 bits per heavy atom. The lowest BCUT2D eigenvalue weighted by molar-refractivity contribution is -0.140. The van der Waals surface area contributed by atoms with Crippen LogP contribution in [0.15, 0.2) is 18.2 Å². The Kier molecular flexibility index (Phi) is 7.26. The molecule has 1 aromatic carbocycles. The fraction of sp³-hybridized carbons (Fsp3) is 0.600. The van der Waals surface area contributed by atoms with Gasteiger partial charge in [-0.2, -0.15) is 13.2 Å². The molecule has 0 amide bonds. The van der Waals surface area contributed by atoms with E-state index in [1.807, 2.05) is 4.90 Å². The van der Waals surface area contributed by atoms with Crippen LogP contribution in [0.4, 0.5) is 17.6 Å². The van der Waals surface area contributed by atoms with E-state index in [-0.39, 0.29) is 24.6 Å². The second kappa shape index (κ2) is 8.28. The smallest absolute Gasteiger partial charge is 0.381 e. The predicted octanol–water partition coefficient (Wildman–Crippen LogP) is 3.20. The van der Waals surface area contributed by atoms with E-state index in [4.69, 9.17) is 10.5 Å². The zero-order valence-electron chi connectivity index (χ0n) is 12.8. The third-order valence-electron chi connectivity index (χ3n) is 4.12. The van der Waals surface area contributed by atoms with Crippen LogP contribution in [0.3, 0.4) is 0 Å². The van der Waals surface area contributed by atoms with Gasteiger partial charge in [0.25, 0.3) is 0 Å². The minimum absolute atomic E-state index is 0. The van der Waals surface area contributed by atoms with Gasteiger partial charge in [0.1, 0.15) is 5.82 Å².